The number of halogens is 17. The van der Waals surface area contributed by atoms with Crippen molar-refractivity contribution in [3.63, 3.8) is 0 Å². The average Bonchev–Trinajstić information content (AvgIpc) is 2.78. The van der Waals surface area contributed by atoms with E-state index in [0.717, 1.165) is 17.1 Å². The maximum absolute atomic E-state index is 14.1. The quantitative estimate of drug-likeness (QED) is 0.196. The van der Waals surface area contributed by atoms with Gasteiger partial charge < -0.3 is 17.7 Å². The van der Waals surface area contributed by atoms with Crippen molar-refractivity contribution in [2.75, 3.05) is 27.9 Å². The number of hydrogen-bond donors (Lipinski definition) is 0. The van der Waals surface area contributed by atoms with Crippen molar-refractivity contribution < 1.29 is 92.3 Å². The Bertz CT molecular complexity index is 731. The van der Waals surface area contributed by atoms with Crippen molar-refractivity contribution in [1.29, 1.82) is 0 Å². The van der Waals surface area contributed by atoms with E-state index in [9.17, 15) is 74.6 Å². The smallest absolute Gasteiger partial charge is 0.428 e. The van der Waals surface area contributed by atoms with Gasteiger partial charge in [-0.2, -0.15) is 74.6 Å². The van der Waals surface area contributed by atoms with Crippen molar-refractivity contribution in [3.05, 3.63) is 0 Å². The molecule has 0 unspecified atom stereocenters. The van der Waals surface area contributed by atoms with E-state index >= 15 is 0 Å². The molecule has 0 fully saturated rings. The number of rotatable bonds is 13. The summed E-state index contributed by atoms with van der Waals surface area (Å²) in [6.07, 6.45) is -12.2. The average molecular weight is 644 g/mol. The van der Waals surface area contributed by atoms with Crippen LogP contribution in [0.5, 0.6) is 0 Å². The van der Waals surface area contributed by atoms with Gasteiger partial charge in [-0.3, -0.25) is 0 Å². The highest BCUT2D eigenvalue weighted by Gasteiger charge is 2.95. The fourth-order valence-corrected chi connectivity index (χ4v) is 4.11. The summed E-state index contributed by atoms with van der Waals surface area (Å²) in [7, 11) is -5.56. The molecule has 0 spiro atoms. The molecular formula is C15H21F17O4Si2. The van der Waals surface area contributed by atoms with Crippen LogP contribution in [0.3, 0.4) is 0 Å². The van der Waals surface area contributed by atoms with Gasteiger partial charge in [-0.15, -0.1) is 0 Å². The topological polar surface area (TPSA) is 36.9 Å². The molecule has 0 amide bonds. The maximum Gasteiger partial charge on any atom is 0.581 e. The van der Waals surface area contributed by atoms with Gasteiger partial charge in [0.1, 0.15) is 10.5 Å². The Hall–Kier alpha value is -0.916. The van der Waals surface area contributed by atoms with Crippen LogP contribution in [0.25, 0.3) is 0 Å². The fourth-order valence-electron chi connectivity index (χ4n) is 2.30. The van der Waals surface area contributed by atoms with Crippen LogP contribution in [0.1, 0.15) is 19.8 Å². The van der Waals surface area contributed by atoms with Crippen LogP contribution in [0, 0.1) is 0 Å². The zero-order chi connectivity index (χ0) is 31.4. The Morgan fingerprint density at radius 2 is 0.816 bits per heavy atom. The first-order chi connectivity index (χ1) is 16.6. The summed E-state index contributed by atoms with van der Waals surface area (Å²) in [5.74, 6) is -47.6. The van der Waals surface area contributed by atoms with Gasteiger partial charge >= 0.3 is 56.1 Å². The Morgan fingerprint density at radius 1 is 0.526 bits per heavy atom. The summed E-state index contributed by atoms with van der Waals surface area (Å²) in [6, 6.07) is 0. The predicted octanol–water partition coefficient (Wildman–Crippen LogP) is 5.50. The molecule has 0 aliphatic rings. The molecule has 0 aliphatic carbocycles. The predicted molar refractivity (Wildman–Crippen MR) is 98.3 cm³/mol. The maximum atomic E-state index is 14.1. The molecule has 0 radical (unpaired) electrons. The molecule has 0 N–H and O–H groups in total. The molecule has 0 saturated heterocycles. The van der Waals surface area contributed by atoms with Gasteiger partial charge in [0.05, 0.1) is 0 Å². The minimum atomic E-state index is -8.44. The van der Waals surface area contributed by atoms with E-state index in [1.54, 1.807) is 0 Å². The summed E-state index contributed by atoms with van der Waals surface area (Å²) < 4.78 is 244. The summed E-state index contributed by atoms with van der Waals surface area (Å²) >= 11 is 0. The van der Waals surface area contributed by atoms with E-state index in [-0.39, 0.29) is 21.3 Å². The first-order valence-corrected chi connectivity index (χ1v) is 12.0. The van der Waals surface area contributed by atoms with E-state index in [1.807, 2.05) is 6.92 Å². The molecule has 0 bridgehead atoms. The molecule has 232 valence electrons. The number of alkyl halides is 17. The second-order valence-corrected chi connectivity index (χ2v) is 10.6. The van der Waals surface area contributed by atoms with Crippen molar-refractivity contribution in [2.45, 2.75) is 67.0 Å². The Labute approximate surface area is 207 Å². The van der Waals surface area contributed by atoms with Gasteiger partial charge in [0, 0.05) is 40.8 Å². The molecule has 23 heteroatoms. The second-order valence-electron chi connectivity index (χ2n) is 7.01. The summed E-state index contributed by atoms with van der Waals surface area (Å²) in [6.45, 7) is 2.87. The first-order valence-electron chi connectivity index (χ1n) is 9.41. The van der Waals surface area contributed by atoms with Crippen LogP contribution in [0.15, 0.2) is 0 Å². The van der Waals surface area contributed by atoms with Crippen molar-refractivity contribution in [2.24, 2.45) is 0 Å². The lowest BCUT2D eigenvalue weighted by molar-refractivity contribution is -0.438. The van der Waals surface area contributed by atoms with Crippen LogP contribution >= 0.6 is 0 Å². The van der Waals surface area contributed by atoms with Crippen molar-refractivity contribution in [3.8, 4) is 0 Å². The third-order valence-corrected chi connectivity index (χ3v) is 7.91. The molecule has 0 saturated carbocycles. The molecular weight excluding hydrogens is 623 g/mol. The largest absolute Gasteiger partial charge is 0.581 e. The highest BCUT2D eigenvalue weighted by atomic mass is 28.4. The lowest BCUT2D eigenvalue weighted by Crippen LogP contribution is -2.77. The second kappa shape index (κ2) is 12.3. The van der Waals surface area contributed by atoms with E-state index in [2.05, 4.69) is 17.7 Å². The Morgan fingerprint density at radius 3 is 1.08 bits per heavy atom. The summed E-state index contributed by atoms with van der Waals surface area (Å²) in [4.78, 5) is 0. The van der Waals surface area contributed by atoms with Gasteiger partial charge in [-0.1, -0.05) is 0 Å². The van der Waals surface area contributed by atoms with E-state index < -0.39 is 68.9 Å². The van der Waals surface area contributed by atoms with Crippen LogP contribution in [0.4, 0.5) is 74.6 Å². The van der Waals surface area contributed by atoms with Crippen LogP contribution < -0.4 is 0 Å². The lowest BCUT2D eigenvalue weighted by Gasteiger charge is -2.44. The lowest BCUT2D eigenvalue weighted by atomic mass is 9.90. The van der Waals surface area contributed by atoms with Gasteiger partial charge in [0.2, 0.25) is 0 Å². The van der Waals surface area contributed by atoms with Gasteiger partial charge in [0.25, 0.3) is 0 Å². The molecule has 0 aromatic heterocycles. The third-order valence-electron chi connectivity index (χ3n) is 4.63. The molecule has 0 aromatic carbocycles. The molecule has 0 aromatic rings. The first kappa shape index (κ1) is 39.2. The highest BCUT2D eigenvalue weighted by Crippen LogP contribution is 2.63. The minimum absolute atomic E-state index is 0.0312. The molecule has 38 heavy (non-hydrogen) atoms. The summed E-state index contributed by atoms with van der Waals surface area (Å²) in [5, 5.41) is 0. The molecule has 0 aliphatic heterocycles. The summed E-state index contributed by atoms with van der Waals surface area (Å²) in [5.41, 5.74) is -6.80. The van der Waals surface area contributed by atoms with Crippen LogP contribution in [-0.4, -0.2) is 94.5 Å². The van der Waals surface area contributed by atoms with E-state index in [1.165, 1.54) is 0 Å². The van der Waals surface area contributed by atoms with Crippen molar-refractivity contribution >= 4 is 19.3 Å². The highest BCUT2D eigenvalue weighted by molar-refractivity contribution is 6.63. The SMILES string of the molecule is CCO[SiH3].CO[Si](OC)(OC)C(F)(F)C(F)(F)C(F)(F)C(F)(F)C(F)(F)C(F)(F)C(F)(F)CCC(F)(F)F. The van der Waals surface area contributed by atoms with Gasteiger partial charge in [-0.25, -0.2) is 0 Å². The zero-order valence-corrected chi connectivity index (χ0v) is 22.7. The Balaban J connectivity index is 0. The standard InChI is InChI=1S/C13H13F17O3Si.C2H8OSi/c1-31-34(32-2,33-3)13(29,30)12(27,28)11(25,26)10(23,24)9(21,22)8(19,20)6(14,15)4-5-7(16,17)18;1-2-3-4/h4-5H2,1-3H3;2H2,1,4H3. The fraction of sp³-hybridized carbons (Fsp3) is 1.00. The molecule has 4 nitrogen and oxygen atoms in total. The normalized spacial score (nSPS) is 15.4. The molecule has 0 heterocycles. The number of hydrogen-bond acceptors (Lipinski definition) is 4. The van der Waals surface area contributed by atoms with Crippen molar-refractivity contribution in [1.82, 2.24) is 0 Å². The van der Waals surface area contributed by atoms with Gasteiger partial charge in [-0.05, 0) is 6.92 Å². The third kappa shape index (κ3) is 6.52. The van der Waals surface area contributed by atoms with Crippen LogP contribution in [-0.2, 0) is 17.7 Å². The monoisotopic (exact) mass is 644 g/mol. The zero-order valence-electron chi connectivity index (χ0n) is 19.7. The molecule has 0 rings (SSSR count). The molecule has 0 atom stereocenters. The van der Waals surface area contributed by atoms with Crippen LogP contribution in [0.2, 0.25) is 0 Å². The van der Waals surface area contributed by atoms with E-state index in [4.69, 9.17) is 0 Å². The van der Waals surface area contributed by atoms with Gasteiger partial charge in [0.15, 0.2) is 0 Å². The van der Waals surface area contributed by atoms with E-state index in [0.29, 0.717) is 0 Å². The Kier molecular flexibility index (Phi) is 12.7. The minimum Gasteiger partial charge on any atom is -0.428 e.